The van der Waals surface area contributed by atoms with Gasteiger partial charge in [0.15, 0.2) is 0 Å². The van der Waals surface area contributed by atoms with Crippen LogP contribution in [0, 0.1) is 11.6 Å². The number of hydrogen-bond donors (Lipinski definition) is 1. The van der Waals surface area contributed by atoms with Crippen LogP contribution in [0.5, 0.6) is 0 Å². The average Bonchev–Trinajstić information content (AvgIpc) is 2.82. The smallest absolute Gasteiger partial charge is 0.129 e. The molecule has 2 nitrogen and oxygen atoms in total. The van der Waals surface area contributed by atoms with E-state index in [1.54, 1.807) is 7.11 Å². The molecule has 1 aromatic rings. The van der Waals surface area contributed by atoms with E-state index in [2.05, 4.69) is 0 Å². The van der Waals surface area contributed by atoms with Gasteiger partial charge in [-0.15, -0.1) is 0 Å². The van der Waals surface area contributed by atoms with Gasteiger partial charge in [-0.2, -0.15) is 0 Å². The van der Waals surface area contributed by atoms with Crippen molar-refractivity contribution in [2.75, 3.05) is 7.11 Å². The van der Waals surface area contributed by atoms with Crippen LogP contribution < -0.4 is 5.73 Å². The molecule has 18 heavy (non-hydrogen) atoms. The standard InChI is InChI=1S/C14H19F2NO/c1-18-14(6-2-3-7-14)13(17)8-10-4-5-11(15)9-12(10)16/h4-5,9,13H,2-3,6-8,17H2,1H3. The number of hydrogen-bond acceptors (Lipinski definition) is 2. The van der Waals surface area contributed by atoms with Crippen molar-refractivity contribution < 1.29 is 13.5 Å². The van der Waals surface area contributed by atoms with Crippen LogP contribution in [0.2, 0.25) is 0 Å². The van der Waals surface area contributed by atoms with E-state index < -0.39 is 11.6 Å². The molecule has 1 saturated carbocycles. The third-order valence-electron chi connectivity index (χ3n) is 3.99. The summed E-state index contributed by atoms with van der Waals surface area (Å²) in [4.78, 5) is 0. The van der Waals surface area contributed by atoms with Gasteiger partial charge in [0.25, 0.3) is 0 Å². The Bertz CT molecular complexity index is 416. The average molecular weight is 255 g/mol. The fraction of sp³-hybridized carbons (Fsp3) is 0.571. The SMILES string of the molecule is COC1(C(N)Cc2ccc(F)cc2F)CCCC1. The van der Waals surface area contributed by atoms with Gasteiger partial charge in [0.1, 0.15) is 11.6 Å². The molecule has 2 N–H and O–H groups in total. The molecule has 1 aromatic carbocycles. The first-order valence-corrected chi connectivity index (χ1v) is 6.32. The second-order valence-corrected chi connectivity index (χ2v) is 5.02. The molecule has 4 heteroatoms. The number of ether oxygens (including phenoxy) is 1. The molecule has 100 valence electrons. The van der Waals surface area contributed by atoms with Crippen molar-refractivity contribution >= 4 is 0 Å². The Morgan fingerprint density at radius 1 is 1.33 bits per heavy atom. The van der Waals surface area contributed by atoms with Gasteiger partial charge in [-0.1, -0.05) is 18.9 Å². The van der Waals surface area contributed by atoms with E-state index in [0.717, 1.165) is 31.7 Å². The molecule has 0 aliphatic heterocycles. The Hall–Kier alpha value is -1.00. The van der Waals surface area contributed by atoms with Gasteiger partial charge >= 0.3 is 0 Å². The molecule has 0 spiro atoms. The Kier molecular flexibility index (Phi) is 3.97. The molecular weight excluding hydrogens is 236 g/mol. The molecule has 0 bridgehead atoms. The molecule has 0 saturated heterocycles. The van der Waals surface area contributed by atoms with Crippen molar-refractivity contribution in [1.82, 2.24) is 0 Å². The molecule has 1 fully saturated rings. The summed E-state index contributed by atoms with van der Waals surface area (Å²) < 4.78 is 32.0. The molecule has 0 amide bonds. The van der Waals surface area contributed by atoms with Crippen molar-refractivity contribution in [2.24, 2.45) is 5.73 Å². The maximum Gasteiger partial charge on any atom is 0.129 e. The van der Waals surface area contributed by atoms with Crippen LogP contribution in [-0.2, 0) is 11.2 Å². The number of halogens is 2. The molecule has 0 radical (unpaired) electrons. The summed E-state index contributed by atoms with van der Waals surface area (Å²) in [5.74, 6) is -1.10. The van der Waals surface area contributed by atoms with Crippen LogP contribution in [0.25, 0.3) is 0 Å². The molecule has 1 atom stereocenters. The van der Waals surface area contributed by atoms with Crippen molar-refractivity contribution in [3.63, 3.8) is 0 Å². The lowest BCUT2D eigenvalue weighted by atomic mass is 9.88. The van der Waals surface area contributed by atoms with Gasteiger partial charge in [0.2, 0.25) is 0 Å². The van der Waals surface area contributed by atoms with Crippen molar-refractivity contribution in [2.45, 2.75) is 43.7 Å². The third-order valence-corrected chi connectivity index (χ3v) is 3.99. The molecule has 2 rings (SSSR count). The Morgan fingerprint density at radius 3 is 2.56 bits per heavy atom. The largest absolute Gasteiger partial charge is 0.377 e. The predicted octanol–water partition coefficient (Wildman–Crippen LogP) is 2.79. The van der Waals surface area contributed by atoms with Gasteiger partial charge in [-0.05, 0) is 30.9 Å². The summed E-state index contributed by atoms with van der Waals surface area (Å²) in [6.07, 6.45) is 4.38. The van der Waals surface area contributed by atoms with Crippen molar-refractivity contribution in [3.05, 3.63) is 35.4 Å². The van der Waals surface area contributed by atoms with E-state index in [-0.39, 0.29) is 11.6 Å². The lowest BCUT2D eigenvalue weighted by molar-refractivity contribution is -0.0255. The maximum absolute atomic E-state index is 13.6. The van der Waals surface area contributed by atoms with E-state index in [0.29, 0.717) is 12.0 Å². The van der Waals surface area contributed by atoms with Crippen LogP contribution in [0.1, 0.15) is 31.2 Å². The number of benzene rings is 1. The summed E-state index contributed by atoms with van der Waals surface area (Å²) in [6, 6.07) is 3.36. The lowest BCUT2D eigenvalue weighted by Crippen LogP contribution is -2.48. The molecule has 1 aliphatic rings. The highest BCUT2D eigenvalue weighted by atomic mass is 19.1. The van der Waals surface area contributed by atoms with E-state index in [1.807, 2.05) is 0 Å². The topological polar surface area (TPSA) is 35.2 Å². The van der Waals surface area contributed by atoms with Gasteiger partial charge in [0.05, 0.1) is 5.60 Å². The second-order valence-electron chi connectivity index (χ2n) is 5.02. The second kappa shape index (κ2) is 5.33. The zero-order valence-corrected chi connectivity index (χ0v) is 10.6. The van der Waals surface area contributed by atoms with Crippen LogP contribution in [0.15, 0.2) is 18.2 Å². The first-order chi connectivity index (χ1) is 8.57. The minimum Gasteiger partial charge on any atom is -0.377 e. The molecule has 0 heterocycles. The zero-order chi connectivity index (χ0) is 13.2. The van der Waals surface area contributed by atoms with E-state index in [1.165, 1.54) is 12.1 Å². The number of nitrogens with two attached hydrogens (primary N) is 1. The highest BCUT2D eigenvalue weighted by Gasteiger charge is 2.39. The summed E-state index contributed by atoms with van der Waals surface area (Å²) in [7, 11) is 1.66. The predicted molar refractivity (Wildman–Crippen MR) is 66.2 cm³/mol. The molecule has 1 aliphatic carbocycles. The van der Waals surface area contributed by atoms with Crippen LogP contribution in [-0.4, -0.2) is 18.8 Å². The Labute approximate surface area is 106 Å². The quantitative estimate of drug-likeness (QED) is 0.898. The summed E-state index contributed by atoms with van der Waals surface area (Å²) in [5.41, 5.74) is 6.28. The van der Waals surface area contributed by atoms with Crippen molar-refractivity contribution in [1.29, 1.82) is 0 Å². The van der Waals surface area contributed by atoms with Gasteiger partial charge in [0, 0.05) is 19.2 Å². The molecule has 1 unspecified atom stereocenters. The van der Waals surface area contributed by atoms with Crippen LogP contribution >= 0.6 is 0 Å². The first-order valence-electron chi connectivity index (χ1n) is 6.32. The van der Waals surface area contributed by atoms with Crippen LogP contribution in [0.3, 0.4) is 0 Å². The minimum absolute atomic E-state index is 0.259. The van der Waals surface area contributed by atoms with Gasteiger partial charge in [-0.3, -0.25) is 0 Å². The zero-order valence-electron chi connectivity index (χ0n) is 10.6. The van der Waals surface area contributed by atoms with Crippen LogP contribution in [0.4, 0.5) is 8.78 Å². The molecular formula is C14H19F2NO. The maximum atomic E-state index is 13.6. The number of methoxy groups -OCH3 is 1. The van der Waals surface area contributed by atoms with E-state index >= 15 is 0 Å². The normalized spacial score (nSPS) is 20.0. The highest BCUT2D eigenvalue weighted by Crippen LogP contribution is 2.36. The summed E-state index contributed by atoms with van der Waals surface area (Å²) >= 11 is 0. The summed E-state index contributed by atoms with van der Waals surface area (Å²) in [6.45, 7) is 0. The fourth-order valence-electron chi connectivity index (χ4n) is 2.81. The summed E-state index contributed by atoms with van der Waals surface area (Å²) in [5, 5.41) is 0. The van der Waals surface area contributed by atoms with E-state index in [4.69, 9.17) is 10.5 Å². The van der Waals surface area contributed by atoms with Gasteiger partial charge in [-0.25, -0.2) is 8.78 Å². The Balaban J connectivity index is 2.12. The van der Waals surface area contributed by atoms with Gasteiger partial charge < -0.3 is 10.5 Å². The Morgan fingerprint density at radius 2 is 2.00 bits per heavy atom. The first kappa shape index (κ1) is 13.4. The molecule has 0 aromatic heterocycles. The van der Waals surface area contributed by atoms with E-state index in [9.17, 15) is 8.78 Å². The monoisotopic (exact) mass is 255 g/mol. The number of rotatable bonds is 4. The fourth-order valence-corrected chi connectivity index (χ4v) is 2.81. The lowest BCUT2D eigenvalue weighted by Gasteiger charge is -2.34. The third kappa shape index (κ3) is 2.54. The highest BCUT2D eigenvalue weighted by molar-refractivity contribution is 5.20. The van der Waals surface area contributed by atoms with Crippen molar-refractivity contribution in [3.8, 4) is 0 Å². The minimum atomic E-state index is -0.563.